The van der Waals surface area contributed by atoms with Crippen LogP contribution >= 0.6 is 0 Å². The smallest absolute Gasteiger partial charge is 0.119 e. The highest BCUT2D eigenvalue weighted by molar-refractivity contribution is 5.99. The summed E-state index contributed by atoms with van der Waals surface area (Å²) in [5, 5.41) is 0. The van der Waals surface area contributed by atoms with Gasteiger partial charge in [-0.3, -0.25) is 0 Å². The Kier molecular flexibility index (Phi) is 15.5. The molecule has 0 heterocycles. The molecule has 4 aliphatic rings. The second-order valence-electron chi connectivity index (χ2n) is 30.3. The molecule has 16 aromatic carbocycles. The third kappa shape index (κ3) is 12.0. The van der Waals surface area contributed by atoms with Crippen molar-refractivity contribution in [3.63, 3.8) is 0 Å². The molecule has 20 rings (SSSR count). The Hall–Kier alpha value is -13.8. The van der Waals surface area contributed by atoms with Crippen LogP contribution in [0.3, 0.4) is 0 Å². The van der Waals surface area contributed by atoms with Gasteiger partial charge in [0, 0.05) is 45.0 Å². The largest absolute Gasteiger partial charge is 0.494 e. The number of unbranched alkanes of at least 4 members (excludes halogenated alkanes) is 2. The van der Waals surface area contributed by atoms with Gasteiger partial charge in [-0.15, -0.1) is 0 Å². The van der Waals surface area contributed by atoms with E-state index in [2.05, 4.69) is 266 Å². The highest BCUT2D eigenvalue weighted by atomic mass is 16.5. The zero-order valence-corrected chi connectivity index (χ0v) is 63.6. The molecule has 0 saturated carbocycles. The standard InChI is InChI=1S/C111H86N2O2/c1-3-77-45-61-91(62-46-77)114-71-27-25-69-109(83-33-13-7-14-34-83)101-41-21-17-37-93(101)97-65-57-87(73-105(97)109)112(85-53-49-81(50-54-85)79-29-9-5-10-30-79)89-59-67-99-95-39-19-23-43-103(95)111(107(99)75-89)104-44-24-20-40-96(104)100-68-60-90(76-108(100)111)113(86-55-51-82(52-56-86)80-31-11-6-12-32-80)88-58-66-98-94-38-18-22-42-102(94)110(106(98)74-88,84-35-15-8-16-36-84)70-26-28-72-115-92-63-47-78(4-2)48-64-92/h3-24,29-68,73-76H,1-2,25-28,69-72H2/i7D,8D,13D,14D,15D,16D,33D,34D,35D,36D. The average Bonchev–Trinajstić information content (AvgIpc) is 1.50. The van der Waals surface area contributed by atoms with Crippen LogP contribution in [0.25, 0.3) is 78.9 Å². The summed E-state index contributed by atoms with van der Waals surface area (Å²) >= 11 is 0. The number of rotatable bonds is 24. The number of nitrogens with zero attached hydrogens (tertiary/aromatic N) is 2. The van der Waals surface area contributed by atoms with E-state index in [-0.39, 0.29) is 35.3 Å². The maximum atomic E-state index is 9.97. The molecule has 552 valence electrons. The number of fused-ring (bicyclic) bond motifs is 16. The summed E-state index contributed by atoms with van der Waals surface area (Å²) in [6, 6.07) is 111. The van der Waals surface area contributed by atoms with Gasteiger partial charge in [0.25, 0.3) is 0 Å². The maximum absolute atomic E-state index is 9.97. The number of ether oxygens (including phenoxy) is 2. The first-order valence-electron chi connectivity index (χ1n) is 44.8. The molecule has 0 aromatic heterocycles. The second-order valence-corrected chi connectivity index (χ2v) is 30.3. The van der Waals surface area contributed by atoms with Crippen molar-refractivity contribution in [2.45, 2.75) is 54.8 Å². The van der Waals surface area contributed by atoms with Crippen LogP contribution in [0.4, 0.5) is 34.1 Å². The summed E-state index contributed by atoms with van der Waals surface area (Å²) in [7, 11) is 0. The van der Waals surface area contributed by atoms with Gasteiger partial charge in [-0.2, -0.15) is 0 Å². The lowest BCUT2D eigenvalue weighted by Crippen LogP contribution is -2.28. The van der Waals surface area contributed by atoms with Crippen LogP contribution in [0.2, 0.25) is 0 Å². The van der Waals surface area contributed by atoms with E-state index < -0.39 is 52.5 Å². The first kappa shape index (κ1) is 59.9. The second kappa shape index (κ2) is 29.7. The average molecular weight is 1490 g/mol. The van der Waals surface area contributed by atoms with E-state index in [9.17, 15) is 11.0 Å². The SMILES string of the molecule is [2H]c1c([2H])c([2H])c(C2(CCCCOc3ccc(C=C)cc3)c3ccccc3-c3ccc(N(c4ccc(-c5ccccc5)cc4)c4ccc5c(c4)C4(c6ccccc6-5)c5ccccc5-c5ccc(N(c6ccc(-c7ccccc7)cc6)c6ccc7c(c6)C(CCCCOc6ccc(C=C)cc6)(c6c([2H])c([2H])c([2H])c([2H])c6[2H])c6ccccc6-7)cc54)cc32)c([2H])c1[2H]. The molecule has 115 heavy (non-hydrogen) atoms. The van der Waals surface area contributed by atoms with Crippen molar-refractivity contribution >= 4 is 46.3 Å². The monoisotopic (exact) mass is 1490 g/mol. The van der Waals surface area contributed by atoms with Crippen molar-refractivity contribution in [1.29, 1.82) is 0 Å². The lowest BCUT2D eigenvalue weighted by atomic mass is 9.69. The van der Waals surface area contributed by atoms with Crippen LogP contribution in [0, 0.1) is 0 Å². The van der Waals surface area contributed by atoms with Crippen molar-refractivity contribution in [2.75, 3.05) is 23.0 Å². The molecule has 0 bridgehead atoms. The molecule has 4 nitrogen and oxygen atoms in total. The normalized spacial score (nSPS) is 17.1. The van der Waals surface area contributed by atoms with E-state index in [0.29, 0.717) is 51.7 Å². The fourth-order valence-electron chi connectivity index (χ4n) is 19.2. The van der Waals surface area contributed by atoms with E-state index in [1.54, 1.807) is 12.2 Å². The molecular weight excluding hydrogens is 1390 g/mol. The first-order valence-corrected chi connectivity index (χ1v) is 39.8. The topological polar surface area (TPSA) is 24.9 Å². The summed E-state index contributed by atoms with van der Waals surface area (Å²) in [4.78, 5) is 4.64. The lowest BCUT2D eigenvalue weighted by molar-refractivity contribution is 0.301. The molecule has 4 heteroatoms. The third-order valence-electron chi connectivity index (χ3n) is 24.3. The molecule has 0 fully saturated rings. The van der Waals surface area contributed by atoms with Gasteiger partial charge in [-0.25, -0.2) is 0 Å². The van der Waals surface area contributed by atoms with E-state index in [1.165, 1.54) is 0 Å². The van der Waals surface area contributed by atoms with Crippen molar-refractivity contribution in [2.24, 2.45) is 0 Å². The van der Waals surface area contributed by atoms with E-state index in [0.717, 1.165) is 168 Å². The zero-order chi connectivity index (χ0) is 85.6. The quantitative estimate of drug-likeness (QED) is 0.0563. The number of anilines is 6. The Labute approximate surface area is 689 Å². The third-order valence-corrected chi connectivity index (χ3v) is 24.3. The Morgan fingerprint density at radius 1 is 0.270 bits per heavy atom. The fourth-order valence-corrected chi connectivity index (χ4v) is 19.2. The van der Waals surface area contributed by atoms with Crippen LogP contribution in [0.1, 0.15) is 119 Å². The van der Waals surface area contributed by atoms with Gasteiger partial charge in [-0.1, -0.05) is 316 Å². The molecule has 16 aromatic rings. The number of hydrogen-bond donors (Lipinski definition) is 0. The molecule has 0 N–H and O–H groups in total. The van der Waals surface area contributed by atoms with Gasteiger partial charge in [0.1, 0.15) is 11.5 Å². The predicted molar refractivity (Wildman–Crippen MR) is 478 cm³/mol. The van der Waals surface area contributed by atoms with E-state index in [1.807, 2.05) is 84.9 Å². The summed E-state index contributed by atoms with van der Waals surface area (Å²) in [6.45, 7) is 8.63. The van der Waals surface area contributed by atoms with E-state index in [4.69, 9.17) is 12.2 Å². The Bertz CT molecular complexity index is 6500. The molecule has 2 atom stereocenters. The van der Waals surface area contributed by atoms with Gasteiger partial charge in [0.15, 0.2) is 0 Å². The molecule has 2 unspecified atom stereocenters. The molecule has 0 aliphatic heterocycles. The predicted octanol–water partition coefficient (Wildman–Crippen LogP) is 28.7. The minimum absolute atomic E-state index is 0.229. The van der Waals surface area contributed by atoms with Crippen LogP contribution in [-0.4, -0.2) is 13.2 Å². The molecular formula is C111H86N2O2. The summed E-state index contributed by atoms with van der Waals surface area (Å²) in [6.07, 6.45) is 6.75. The number of hydrogen-bond acceptors (Lipinski definition) is 4. The van der Waals surface area contributed by atoms with Gasteiger partial charge in [0.05, 0.1) is 32.3 Å². The highest BCUT2D eigenvalue weighted by Gasteiger charge is 2.53. The first-order chi connectivity index (χ1) is 61.0. The number of benzene rings is 16. The lowest BCUT2D eigenvalue weighted by Gasteiger charge is -2.35. The minimum Gasteiger partial charge on any atom is -0.494 e. The van der Waals surface area contributed by atoms with Crippen LogP contribution < -0.4 is 19.3 Å². The van der Waals surface area contributed by atoms with Crippen molar-refractivity contribution < 1.29 is 23.2 Å². The summed E-state index contributed by atoms with van der Waals surface area (Å²) in [5.41, 5.74) is 24.1. The summed E-state index contributed by atoms with van der Waals surface area (Å²) in [5.74, 6) is 1.46. The van der Waals surface area contributed by atoms with Crippen molar-refractivity contribution in [3.8, 4) is 78.3 Å². The zero-order valence-electron chi connectivity index (χ0n) is 73.6. The maximum Gasteiger partial charge on any atom is 0.119 e. The van der Waals surface area contributed by atoms with Crippen molar-refractivity contribution in [1.82, 2.24) is 0 Å². The Morgan fingerprint density at radius 3 is 0.930 bits per heavy atom. The molecule has 4 aliphatic carbocycles. The van der Waals surface area contributed by atoms with Gasteiger partial charge in [0.2, 0.25) is 0 Å². The van der Waals surface area contributed by atoms with Crippen LogP contribution in [-0.2, 0) is 16.2 Å². The van der Waals surface area contributed by atoms with Crippen LogP contribution in [0.15, 0.2) is 401 Å². The highest BCUT2D eigenvalue weighted by Crippen LogP contribution is 2.65. The molecule has 0 amide bonds. The van der Waals surface area contributed by atoms with E-state index >= 15 is 0 Å². The van der Waals surface area contributed by atoms with Gasteiger partial charge in [-0.05, 0) is 269 Å². The summed E-state index contributed by atoms with van der Waals surface area (Å²) < 4.78 is 108. The van der Waals surface area contributed by atoms with Gasteiger partial charge >= 0.3 is 0 Å². The minimum atomic E-state index is -1.24. The van der Waals surface area contributed by atoms with Gasteiger partial charge < -0.3 is 19.3 Å². The molecule has 0 saturated heterocycles. The fraction of sp³-hybridized carbons (Fsp3) is 0.0991. The van der Waals surface area contributed by atoms with Crippen molar-refractivity contribution in [3.05, 3.63) is 468 Å². The van der Waals surface area contributed by atoms with Crippen LogP contribution in [0.5, 0.6) is 11.5 Å². The Balaban J connectivity index is 0.774. The molecule has 0 radical (unpaired) electrons. The Morgan fingerprint density at radius 2 is 0.565 bits per heavy atom. The molecule has 1 spiro atoms.